The number of amides is 2. The summed E-state index contributed by atoms with van der Waals surface area (Å²) in [5.74, 6) is -2.89. The van der Waals surface area contributed by atoms with Gasteiger partial charge in [0.25, 0.3) is 11.8 Å². The Balaban J connectivity index is 1.83. The second-order valence-electron chi connectivity index (χ2n) is 8.11. The van der Waals surface area contributed by atoms with Crippen molar-refractivity contribution in [3.8, 4) is 5.75 Å². The Hall–Kier alpha value is -3.26. The summed E-state index contributed by atoms with van der Waals surface area (Å²) in [6, 6.07) is 10.0. The second-order valence-corrected chi connectivity index (χ2v) is 8.11. The van der Waals surface area contributed by atoms with Crippen LogP contribution in [0.5, 0.6) is 5.75 Å². The number of imide groups is 1. The summed E-state index contributed by atoms with van der Waals surface area (Å²) in [7, 11) is 5.35. The molecular weight excluding hydrogens is 416 g/mol. The highest BCUT2D eigenvalue weighted by molar-refractivity contribution is 6.45. The zero-order valence-corrected chi connectivity index (χ0v) is 18.3. The van der Waals surface area contributed by atoms with Gasteiger partial charge in [-0.15, -0.1) is 0 Å². The van der Waals surface area contributed by atoms with Gasteiger partial charge >= 0.3 is 0 Å². The molecule has 0 saturated carbocycles. The Morgan fingerprint density at radius 2 is 1.69 bits per heavy atom. The minimum Gasteiger partial charge on any atom is -0.496 e. The van der Waals surface area contributed by atoms with E-state index in [1.807, 2.05) is 11.9 Å². The monoisotopic (exact) mass is 441 g/mol. The summed E-state index contributed by atoms with van der Waals surface area (Å²) in [5, 5.41) is 0. The molecule has 0 unspecified atom stereocenters. The first-order chi connectivity index (χ1) is 15.3. The number of methoxy groups -OCH3 is 1. The van der Waals surface area contributed by atoms with Crippen molar-refractivity contribution in [2.24, 2.45) is 0 Å². The Kier molecular flexibility index (Phi) is 5.97. The number of piperidine rings is 1. The highest BCUT2D eigenvalue weighted by Gasteiger charge is 2.44. The van der Waals surface area contributed by atoms with Crippen LogP contribution in [0.15, 0.2) is 48.2 Å². The third-order valence-electron chi connectivity index (χ3n) is 6.19. The van der Waals surface area contributed by atoms with E-state index in [1.165, 1.54) is 13.2 Å². The predicted octanol–water partition coefficient (Wildman–Crippen LogP) is 3.28. The summed E-state index contributed by atoms with van der Waals surface area (Å²) in [6.45, 7) is 1.75. The molecule has 4 rings (SSSR count). The zero-order valence-electron chi connectivity index (χ0n) is 18.3. The van der Waals surface area contributed by atoms with Gasteiger partial charge in [0.05, 0.1) is 18.4 Å². The van der Waals surface area contributed by atoms with Crippen molar-refractivity contribution in [2.75, 3.05) is 39.2 Å². The van der Waals surface area contributed by atoms with Crippen LogP contribution in [0.4, 0.5) is 14.5 Å². The van der Waals surface area contributed by atoms with Crippen LogP contribution in [0.3, 0.4) is 0 Å². The molecule has 8 heteroatoms. The number of likely N-dealkylation sites (tertiary alicyclic amines) is 1. The Morgan fingerprint density at radius 1 is 1.00 bits per heavy atom. The third kappa shape index (κ3) is 3.75. The van der Waals surface area contributed by atoms with Crippen LogP contribution in [0.2, 0.25) is 0 Å². The van der Waals surface area contributed by atoms with Crippen LogP contribution in [0, 0.1) is 11.6 Å². The van der Waals surface area contributed by atoms with E-state index in [0.717, 1.165) is 43.0 Å². The van der Waals surface area contributed by atoms with Gasteiger partial charge in [-0.3, -0.25) is 9.59 Å². The Bertz CT molecular complexity index is 1090. The average Bonchev–Trinajstić information content (AvgIpc) is 3.05. The number of rotatable bonds is 5. The topological polar surface area (TPSA) is 53.1 Å². The van der Waals surface area contributed by atoms with E-state index in [2.05, 4.69) is 4.90 Å². The van der Waals surface area contributed by atoms with Gasteiger partial charge in [-0.1, -0.05) is 18.2 Å². The van der Waals surface area contributed by atoms with Gasteiger partial charge in [0.15, 0.2) is 11.6 Å². The van der Waals surface area contributed by atoms with E-state index in [9.17, 15) is 18.4 Å². The zero-order chi connectivity index (χ0) is 23.0. The van der Waals surface area contributed by atoms with Crippen molar-refractivity contribution in [2.45, 2.75) is 18.9 Å². The van der Waals surface area contributed by atoms with Gasteiger partial charge in [-0.25, -0.2) is 13.7 Å². The van der Waals surface area contributed by atoms with Gasteiger partial charge in [0.2, 0.25) is 0 Å². The van der Waals surface area contributed by atoms with Crippen LogP contribution in [0.25, 0.3) is 5.57 Å². The number of likely N-dealkylation sites (N-methyl/N-ethyl adjacent to an activating group) is 1. The highest BCUT2D eigenvalue weighted by atomic mass is 19.2. The number of carbonyl (C=O) groups excluding carboxylic acids is 2. The molecule has 0 atom stereocenters. The average molecular weight is 441 g/mol. The SMILES string of the molecule is COc1ccccc1C1=C(N(C)C2CCN(C)CC2)C(=O)N(c2ccc(F)c(F)c2)C1=O. The quantitative estimate of drug-likeness (QED) is 0.667. The summed E-state index contributed by atoms with van der Waals surface area (Å²) >= 11 is 0. The van der Waals surface area contributed by atoms with Crippen molar-refractivity contribution in [3.05, 3.63) is 65.4 Å². The molecule has 168 valence electrons. The Morgan fingerprint density at radius 3 is 2.34 bits per heavy atom. The number of benzene rings is 2. The van der Waals surface area contributed by atoms with Gasteiger partial charge < -0.3 is 14.5 Å². The first kappa shape index (κ1) is 22.0. The number of halogens is 2. The Labute approximate surface area is 185 Å². The van der Waals surface area contributed by atoms with E-state index in [0.29, 0.717) is 11.3 Å². The lowest BCUT2D eigenvalue weighted by Crippen LogP contribution is -2.43. The van der Waals surface area contributed by atoms with Crippen LogP contribution in [-0.4, -0.2) is 62.0 Å². The first-order valence-corrected chi connectivity index (χ1v) is 10.5. The maximum Gasteiger partial charge on any atom is 0.282 e. The molecule has 2 aromatic carbocycles. The molecule has 2 aliphatic rings. The molecule has 0 bridgehead atoms. The smallest absolute Gasteiger partial charge is 0.282 e. The van der Waals surface area contributed by atoms with E-state index in [-0.39, 0.29) is 23.0 Å². The van der Waals surface area contributed by atoms with Gasteiger partial charge in [-0.05, 0) is 51.2 Å². The number of hydrogen-bond donors (Lipinski definition) is 0. The summed E-state index contributed by atoms with van der Waals surface area (Å²) in [5.41, 5.74) is 0.892. The number of hydrogen-bond acceptors (Lipinski definition) is 5. The maximum atomic E-state index is 13.9. The van der Waals surface area contributed by atoms with Gasteiger partial charge in [-0.2, -0.15) is 0 Å². The molecule has 2 aromatic rings. The molecule has 0 N–H and O–H groups in total. The van der Waals surface area contributed by atoms with E-state index in [4.69, 9.17) is 4.74 Å². The molecule has 32 heavy (non-hydrogen) atoms. The molecule has 1 fully saturated rings. The van der Waals surface area contributed by atoms with E-state index in [1.54, 1.807) is 31.3 Å². The molecular formula is C24H25F2N3O3. The molecule has 0 aliphatic carbocycles. The minimum atomic E-state index is -1.13. The highest BCUT2D eigenvalue weighted by Crippen LogP contribution is 2.39. The molecule has 2 aliphatic heterocycles. The number of carbonyl (C=O) groups is 2. The summed E-state index contributed by atoms with van der Waals surface area (Å²) in [6.07, 6.45) is 1.67. The summed E-state index contributed by atoms with van der Waals surface area (Å²) < 4.78 is 32.9. The van der Waals surface area contributed by atoms with Crippen LogP contribution in [-0.2, 0) is 9.59 Å². The molecule has 6 nitrogen and oxygen atoms in total. The van der Waals surface area contributed by atoms with E-state index < -0.39 is 23.4 Å². The first-order valence-electron chi connectivity index (χ1n) is 10.5. The normalized spacial score (nSPS) is 18.0. The molecule has 0 radical (unpaired) electrons. The maximum absolute atomic E-state index is 13.9. The van der Waals surface area contributed by atoms with Crippen LogP contribution >= 0.6 is 0 Å². The van der Waals surface area contributed by atoms with E-state index >= 15 is 0 Å². The predicted molar refractivity (Wildman–Crippen MR) is 117 cm³/mol. The second kappa shape index (κ2) is 8.70. The fourth-order valence-corrected chi connectivity index (χ4v) is 4.36. The standard InChI is InChI=1S/C24H25F2N3O3/c1-27-12-10-15(11-13-27)28(2)22-21(17-6-4-5-7-20(17)32-3)23(30)29(24(22)31)16-8-9-18(25)19(26)14-16/h4-9,14-15H,10-13H2,1-3H3. The van der Waals surface area contributed by atoms with Crippen LogP contribution in [0.1, 0.15) is 18.4 Å². The van der Waals surface area contributed by atoms with Crippen LogP contribution < -0.4 is 9.64 Å². The number of nitrogens with zero attached hydrogens (tertiary/aromatic N) is 3. The molecule has 2 amide bonds. The van der Waals surface area contributed by atoms with Crippen molar-refractivity contribution in [1.82, 2.24) is 9.80 Å². The lowest BCUT2D eigenvalue weighted by molar-refractivity contribution is -0.120. The number of anilines is 1. The lowest BCUT2D eigenvalue weighted by atomic mass is 9.99. The van der Waals surface area contributed by atoms with Gasteiger partial charge in [0, 0.05) is 24.7 Å². The molecule has 1 saturated heterocycles. The van der Waals surface area contributed by atoms with Crippen molar-refractivity contribution in [3.63, 3.8) is 0 Å². The number of para-hydroxylation sites is 1. The van der Waals surface area contributed by atoms with Crippen molar-refractivity contribution >= 4 is 23.1 Å². The fourth-order valence-electron chi connectivity index (χ4n) is 4.36. The number of ether oxygens (including phenoxy) is 1. The molecule has 0 aromatic heterocycles. The third-order valence-corrected chi connectivity index (χ3v) is 6.19. The molecule has 0 spiro atoms. The van der Waals surface area contributed by atoms with Crippen molar-refractivity contribution < 1.29 is 23.1 Å². The van der Waals surface area contributed by atoms with Gasteiger partial charge in [0.1, 0.15) is 11.4 Å². The van der Waals surface area contributed by atoms with Crippen molar-refractivity contribution in [1.29, 1.82) is 0 Å². The minimum absolute atomic E-state index is 0.0157. The lowest BCUT2D eigenvalue weighted by Gasteiger charge is -2.36. The summed E-state index contributed by atoms with van der Waals surface area (Å²) in [4.78, 5) is 32.1. The largest absolute Gasteiger partial charge is 0.496 e. The molecule has 2 heterocycles. The fraction of sp³-hybridized carbons (Fsp3) is 0.333.